The molecule has 4 rings (SSSR count). The van der Waals surface area contributed by atoms with E-state index in [1.165, 1.54) is 6.07 Å². The summed E-state index contributed by atoms with van der Waals surface area (Å²) >= 11 is 0. The second-order valence-corrected chi connectivity index (χ2v) is 7.99. The molecule has 1 atom stereocenters. The van der Waals surface area contributed by atoms with Crippen LogP contribution in [0.25, 0.3) is 0 Å². The molecule has 2 aromatic rings. The molecule has 1 fully saturated rings. The summed E-state index contributed by atoms with van der Waals surface area (Å²) in [6, 6.07) is 8.29. The number of H-pyrrole nitrogens is 1. The third kappa shape index (κ3) is 4.59. The van der Waals surface area contributed by atoms with E-state index in [1.54, 1.807) is 49.4 Å². The molecule has 1 aromatic heterocycles. The lowest BCUT2D eigenvalue weighted by Gasteiger charge is -2.34. The van der Waals surface area contributed by atoms with Crippen LogP contribution in [0, 0.1) is 12.8 Å². The predicted molar refractivity (Wildman–Crippen MR) is 115 cm³/mol. The van der Waals surface area contributed by atoms with Gasteiger partial charge in [0.05, 0.1) is 13.7 Å². The van der Waals surface area contributed by atoms with Crippen LogP contribution in [0.1, 0.15) is 34.7 Å². The number of benzene rings is 1. The molecule has 0 spiro atoms. The van der Waals surface area contributed by atoms with Crippen LogP contribution in [-0.2, 0) is 11.3 Å². The Morgan fingerprint density at radius 3 is 2.55 bits per heavy atom. The number of methoxy groups -OCH3 is 1. The number of hydrogen-bond donors (Lipinski definition) is 1. The van der Waals surface area contributed by atoms with Crippen molar-refractivity contribution in [2.75, 3.05) is 20.2 Å². The summed E-state index contributed by atoms with van der Waals surface area (Å²) in [6.07, 6.45) is 5.07. The molecule has 0 saturated carbocycles. The number of carbonyl (C=O) groups is 2. The Labute approximate surface area is 180 Å². The van der Waals surface area contributed by atoms with Gasteiger partial charge >= 0.3 is 0 Å². The summed E-state index contributed by atoms with van der Waals surface area (Å²) in [6.45, 7) is 3.34. The Morgan fingerprint density at radius 2 is 1.90 bits per heavy atom. The fraction of sp³-hybridized carbons (Fsp3) is 0.391. The molecule has 1 unspecified atom stereocenters. The third-order valence-electron chi connectivity index (χ3n) is 5.89. The zero-order valence-electron chi connectivity index (χ0n) is 17.7. The van der Waals surface area contributed by atoms with Gasteiger partial charge in [0, 0.05) is 29.4 Å². The second kappa shape index (κ2) is 8.85. The quantitative estimate of drug-likeness (QED) is 0.715. The molecule has 3 heterocycles. The van der Waals surface area contributed by atoms with Gasteiger partial charge in [0.15, 0.2) is 5.78 Å². The van der Waals surface area contributed by atoms with Gasteiger partial charge < -0.3 is 14.6 Å². The first kappa shape index (κ1) is 21.0. The highest BCUT2D eigenvalue weighted by Crippen LogP contribution is 2.26. The van der Waals surface area contributed by atoms with E-state index in [4.69, 9.17) is 4.74 Å². The topological polar surface area (TPSA) is 95.6 Å². The highest BCUT2D eigenvalue weighted by Gasteiger charge is 2.35. The van der Waals surface area contributed by atoms with Crippen LogP contribution in [0.3, 0.4) is 0 Å². The number of piperidine rings is 1. The number of aromatic amines is 1. The molecule has 0 aliphatic carbocycles. The number of likely N-dealkylation sites (tertiary alicyclic amines) is 1. The van der Waals surface area contributed by atoms with Crippen molar-refractivity contribution in [3.63, 3.8) is 0 Å². The van der Waals surface area contributed by atoms with E-state index in [0.717, 1.165) is 18.6 Å². The number of rotatable bonds is 6. The fourth-order valence-electron chi connectivity index (χ4n) is 4.23. The number of nitrogens with one attached hydrogen (secondary N) is 1. The van der Waals surface area contributed by atoms with E-state index in [0.29, 0.717) is 30.2 Å². The van der Waals surface area contributed by atoms with Crippen LogP contribution >= 0.6 is 0 Å². The molecule has 31 heavy (non-hydrogen) atoms. The van der Waals surface area contributed by atoms with Gasteiger partial charge in [0.2, 0.25) is 5.91 Å². The highest BCUT2D eigenvalue weighted by molar-refractivity contribution is 5.98. The van der Waals surface area contributed by atoms with Crippen LogP contribution in [0.4, 0.5) is 0 Å². The highest BCUT2D eigenvalue weighted by atomic mass is 16.5. The van der Waals surface area contributed by atoms with Crippen molar-refractivity contribution >= 4 is 11.7 Å². The van der Waals surface area contributed by atoms with Gasteiger partial charge in [-0.15, -0.1) is 0 Å². The molecule has 2 aliphatic heterocycles. The molecular weight excluding hydrogens is 396 g/mol. The van der Waals surface area contributed by atoms with Crippen molar-refractivity contribution in [1.29, 1.82) is 0 Å². The minimum atomic E-state index is -0.339. The van der Waals surface area contributed by atoms with Crippen molar-refractivity contribution in [2.45, 2.75) is 32.4 Å². The Kier molecular flexibility index (Phi) is 5.99. The van der Waals surface area contributed by atoms with Crippen LogP contribution < -0.4 is 10.3 Å². The first-order valence-electron chi connectivity index (χ1n) is 10.4. The first-order valence-corrected chi connectivity index (χ1v) is 10.4. The summed E-state index contributed by atoms with van der Waals surface area (Å²) < 4.78 is 5.15. The molecule has 0 radical (unpaired) electrons. The monoisotopic (exact) mass is 422 g/mol. The number of amides is 1. The minimum Gasteiger partial charge on any atom is -0.497 e. The van der Waals surface area contributed by atoms with Crippen molar-refractivity contribution in [3.8, 4) is 5.75 Å². The molecule has 0 bridgehead atoms. The van der Waals surface area contributed by atoms with Gasteiger partial charge in [-0.3, -0.25) is 19.3 Å². The molecule has 1 N–H and O–H groups in total. The largest absolute Gasteiger partial charge is 0.497 e. The molecule has 162 valence electrons. The number of Topliss-reactive ketones (excluding diaryl/α,β-unsaturated/α-hetero) is 1. The summed E-state index contributed by atoms with van der Waals surface area (Å²) in [7, 11) is 1.60. The first-order chi connectivity index (χ1) is 14.9. The second-order valence-electron chi connectivity index (χ2n) is 7.99. The zero-order valence-corrected chi connectivity index (χ0v) is 17.7. The van der Waals surface area contributed by atoms with Crippen LogP contribution in [-0.4, -0.2) is 57.7 Å². The van der Waals surface area contributed by atoms with Gasteiger partial charge in [-0.1, -0.05) is 0 Å². The Morgan fingerprint density at radius 1 is 1.19 bits per heavy atom. The van der Waals surface area contributed by atoms with Crippen molar-refractivity contribution in [3.05, 3.63) is 70.0 Å². The lowest BCUT2D eigenvalue weighted by molar-refractivity contribution is -0.132. The molecule has 2 aliphatic rings. The van der Waals surface area contributed by atoms with Crippen LogP contribution in [0.5, 0.6) is 5.75 Å². The zero-order chi connectivity index (χ0) is 22.0. The lowest BCUT2D eigenvalue weighted by Crippen LogP contribution is -2.47. The van der Waals surface area contributed by atoms with Gasteiger partial charge in [0.25, 0.3) is 5.56 Å². The van der Waals surface area contributed by atoms with Crippen molar-refractivity contribution in [1.82, 2.24) is 19.8 Å². The molecule has 8 nitrogen and oxygen atoms in total. The van der Waals surface area contributed by atoms with Gasteiger partial charge in [-0.05, 0) is 63.2 Å². The number of ether oxygens (including phenoxy) is 1. The maximum atomic E-state index is 12.9. The number of ketones is 1. The van der Waals surface area contributed by atoms with Gasteiger partial charge in [-0.2, -0.15) is 0 Å². The van der Waals surface area contributed by atoms with Gasteiger partial charge in [-0.25, -0.2) is 4.98 Å². The summed E-state index contributed by atoms with van der Waals surface area (Å²) in [4.78, 5) is 48.0. The number of aryl methyl sites for hydroxylation is 1. The number of aromatic nitrogens is 2. The number of nitrogens with zero attached hydrogens (tertiary/aromatic N) is 3. The lowest BCUT2D eigenvalue weighted by atomic mass is 9.88. The van der Waals surface area contributed by atoms with E-state index in [1.807, 2.05) is 6.08 Å². The maximum absolute atomic E-state index is 12.9. The molecule has 1 aromatic carbocycles. The Balaban J connectivity index is 1.33. The van der Waals surface area contributed by atoms with E-state index >= 15 is 0 Å². The average Bonchev–Trinajstić information content (AvgIpc) is 3.12. The molecule has 8 heteroatoms. The molecule has 1 amide bonds. The summed E-state index contributed by atoms with van der Waals surface area (Å²) in [5, 5.41) is 0. The number of carbonyl (C=O) groups excluding carboxylic acids is 2. The summed E-state index contributed by atoms with van der Waals surface area (Å²) in [5.74, 6) is 1.26. The van der Waals surface area contributed by atoms with Crippen LogP contribution in [0.2, 0.25) is 0 Å². The number of hydrogen-bond acceptors (Lipinski definition) is 6. The van der Waals surface area contributed by atoms with E-state index < -0.39 is 0 Å². The Bertz CT molecular complexity index is 1050. The SMILES string of the molecule is COc1ccc(C(=O)C2CCN(C3C=CN(Cc4nc(C)cc(=O)[nH]4)C3=O)CC2)cc1. The van der Waals surface area contributed by atoms with Crippen molar-refractivity contribution < 1.29 is 14.3 Å². The maximum Gasteiger partial charge on any atom is 0.251 e. The standard InChI is InChI=1S/C23H26N4O4/c1-15-13-21(28)25-20(24-15)14-27-12-9-19(23(27)30)26-10-7-17(8-11-26)22(29)16-3-5-18(31-2)6-4-16/h3-6,9,12-13,17,19H,7-8,10-11,14H2,1-2H3,(H,24,25,28). The minimum absolute atomic E-state index is 0.0379. The van der Waals surface area contributed by atoms with Gasteiger partial charge in [0.1, 0.15) is 17.6 Å². The van der Waals surface area contributed by atoms with E-state index in [-0.39, 0.29) is 35.8 Å². The third-order valence-corrected chi connectivity index (χ3v) is 5.89. The normalized spacial score (nSPS) is 19.7. The summed E-state index contributed by atoms with van der Waals surface area (Å²) in [5.41, 5.74) is 1.09. The Hall–Kier alpha value is -3.26. The predicted octanol–water partition coefficient (Wildman–Crippen LogP) is 1.91. The van der Waals surface area contributed by atoms with Crippen molar-refractivity contribution in [2.24, 2.45) is 5.92 Å². The smallest absolute Gasteiger partial charge is 0.251 e. The fourth-order valence-corrected chi connectivity index (χ4v) is 4.23. The molecule has 1 saturated heterocycles. The van der Waals surface area contributed by atoms with E-state index in [9.17, 15) is 14.4 Å². The average molecular weight is 422 g/mol. The van der Waals surface area contributed by atoms with E-state index in [2.05, 4.69) is 14.9 Å². The molecular formula is C23H26N4O4. The van der Waals surface area contributed by atoms with Crippen LogP contribution in [0.15, 0.2) is 47.4 Å².